The first-order chi connectivity index (χ1) is 8.70. The summed E-state index contributed by atoms with van der Waals surface area (Å²) in [4.78, 5) is 2.48. The SMILES string of the molecule is CCCN1CCC(Nc2cccc(F)c2N)CC1. The van der Waals surface area contributed by atoms with E-state index in [2.05, 4.69) is 17.1 Å². The molecule has 0 radical (unpaired) electrons. The molecular formula is C14H22FN3. The Morgan fingerprint density at radius 3 is 2.78 bits per heavy atom. The van der Waals surface area contributed by atoms with Crippen molar-refractivity contribution in [2.24, 2.45) is 0 Å². The van der Waals surface area contributed by atoms with E-state index in [-0.39, 0.29) is 11.5 Å². The van der Waals surface area contributed by atoms with Crippen LogP contribution in [-0.2, 0) is 0 Å². The highest BCUT2D eigenvalue weighted by molar-refractivity contribution is 5.66. The molecule has 1 aliphatic rings. The Labute approximate surface area is 108 Å². The number of piperidine rings is 1. The van der Waals surface area contributed by atoms with Crippen molar-refractivity contribution in [1.82, 2.24) is 4.90 Å². The number of nitrogens with one attached hydrogen (secondary N) is 1. The van der Waals surface area contributed by atoms with E-state index in [4.69, 9.17) is 5.73 Å². The Bertz CT molecular complexity index is 387. The third-order valence-electron chi connectivity index (χ3n) is 3.54. The number of hydrogen-bond donors (Lipinski definition) is 2. The maximum Gasteiger partial charge on any atom is 0.148 e. The van der Waals surface area contributed by atoms with E-state index in [0.29, 0.717) is 6.04 Å². The Morgan fingerprint density at radius 1 is 1.39 bits per heavy atom. The molecule has 1 aliphatic heterocycles. The Morgan fingerprint density at radius 2 is 2.11 bits per heavy atom. The molecule has 1 saturated heterocycles. The molecule has 1 aromatic rings. The second-order valence-corrected chi connectivity index (χ2v) is 4.96. The minimum Gasteiger partial charge on any atom is -0.395 e. The zero-order valence-corrected chi connectivity index (χ0v) is 11.0. The van der Waals surface area contributed by atoms with Gasteiger partial charge < -0.3 is 16.0 Å². The summed E-state index contributed by atoms with van der Waals surface area (Å²) in [7, 11) is 0. The zero-order chi connectivity index (χ0) is 13.0. The molecule has 4 heteroatoms. The largest absolute Gasteiger partial charge is 0.395 e. The van der Waals surface area contributed by atoms with Crippen molar-refractivity contribution in [1.29, 1.82) is 0 Å². The first-order valence-corrected chi connectivity index (χ1v) is 6.73. The quantitative estimate of drug-likeness (QED) is 0.808. The number of nitrogens with two attached hydrogens (primary N) is 1. The lowest BCUT2D eigenvalue weighted by Gasteiger charge is -2.32. The first kappa shape index (κ1) is 13.1. The van der Waals surface area contributed by atoms with E-state index in [9.17, 15) is 4.39 Å². The molecule has 0 spiro atoms. The normalized spacial score (nSPS) is 17.9. The van der Waals surface area contributed by atoms with Gasteiger partial charge in [0.15, 0.2) is 0 Å². The van der Waals surface area contributed by atoms with E-state index in [1.165, 1.54) is 19.0 Å². The van der Waals surface area contributed by atoms with Crippen molar-refractivity contribution < 1.29 is 4.39 Å². The highest BCUT2D eigenvalue weighted by atomic mass is 19.1. The molecule has 1 aromatic carbocycles. The highest BCUT2D eigenvalue weighted by Gasteiger charge is 2.19. The summed E-state index contributed by atoms with van der Waals surface area (Å²) in [6.45, 7) is 5.61. The summed E-state index contributed by atoms with van der Waals surface area (Å²) in [6.07, 6.45) is 3.39. The topological polar surface area (TPSA) is 41.3 Å². The van der Waals surface area contributed by atoms with E-state index in [1.807, 2.05) is 6.07 Å². The predicted molar refractivity (Wildman–Crippen MR) is 74.2 cm³/mol. The van der Waals surface area contributed by atoms with Crippen LogP contribution in [-0.4, -0.2) is 30.6 Å². The fourth-order valence-corrected chi connectivity index (χ4v) is 2.50. The number of hydrogen-bond acceptors (Lipinski definition) is 3. The van der Waals surface area contributed by atoms with Crippen LogP contribution in [0.2, 0.25) is 0 Å². The van der Waals surface area contributed by atoms with Crippen LogP contribution in [0.3, 0.4) is 0 Å². The first-order valence-electron chi connectivity index (χ1n) is 6.73. The van der Waals surface area contributed by atoms with Crippen molar-refractivity contribution in [2.75, 3.05) is 30.7 Å². The highest BCUT2D eigenvalue weighted by Crippen LogP contribution is 2.24. The molecule has 3 N–H and O–H groups in total. The van der Waals surface area contributed by atoms with Gasteiger partial charge in [-0.05, 0) is 37.9 Å². The molecule has 0 aliphatic carbocycles. The molecule has 2 rings (SSSR count). The number of halogens is 1. The predicted octanol–water partition coefficient (Wildman–Crippen LogP) is 2.69. The number of para-hydroxylation sites is 1. The van der Waals surface area contributed by atoms with Gasteiger partial charge in [0, 0.05) is 19.1 Å². The van der Waals surface area contributed by atoms with Crippen molar-refractivity contribution in [3.8, 4) is 0 Å². The lowest BCUT2D eigenvalue weighted by atomic mass is 10.0. The fraction of sp³-hybridized carbons (Fsp3) is 0.571. The van der Waals surface area contributed by atoms with Gasteiger partial charge in [-0.15, -0.1) is 0 Å². The molecule has 100 valence electrons. The van der Waals surface area contributed by atoms with Crippen LogP contribution in [0.1, 0.15) is 26.2 Å². The lowest BCUT2D eigenvalue weighted by Crippen LogP contribution is -2.39. The number of nitrogens with zero attached hydrogens (tertiary/aromatic N) is 1. The van der Waals surface area contributed by atoms with Gasteiger partial charge in [-0.25, -0.2) is 4.39 Å². The van der Waals surface area contributed by atoms with Crippen molar-refractivity contribution in [3.63, 3.8) is 0 Å². The number of benzene rings is 1. The van der Waals surface area contributed by atoms with Crippen LogP contribution in [0.15, 0.2) is 18.2 Å². The van der Waals surface area contributed by atoms with Crippen LogP contribution >= 0.6 is 0 Å². The Kier molecular flexibility index (Phi) is 4.42. The van der Waals surface area contributed by atoms with Crippen molar-refractivity contribution in [2.45, 2.75) is 32.2 Å². The van der Waals surface area contributed by atoms with Gasteiger partial charge in [0.2, 0.25) is 0 Å². The third kappa shape index (κ3) is 3.13. The standard InChI is InChI=1S/C14H22FN3/c1-2-8-18-9-6-11(7-10-18)17-13-5-3-4-12(15)14(13)16/h3-5,11,17H,2,6-10,16H2,1H3. The number of nitrogen functional groups attached to an aromatic ring is 1. The molecule has 0 saturated carbocycles. The van der Waals surface area contributed by atoms with Gasteiger partial charge >= 0.3 is 0 Å². The smallest absolute Gasteiger partial charge is 0.148 e. The lowest BCUT2D eigenvalue weighted by molar-refractivity contribution is 0.219. The molecular weight excluding hydrogens is 229 g/mol. The molecule has 1 fully saturated rings. The summed E-state index contributed by atoms with van der Waals surface area (Å²) < 4.78 is 13.3. The number of rotatable bonds is 4. The Hall–Kier alpha value is -1.29. The van der Waals surface area contributed by atoms with E-state index in [0.717, 1.165) is 31.6 Å². The maximum atomic E-state index is 13.3. The van der Waals surface area contributed by atoms with Crippen molar-refractivity contribution in [3.05, 3.63) is 24.0 Å². The van der Waals surface area contributed by atoms with E-state index in [1.54, 1.807) is 6.07 Å². The second-order valence-electron chi connectivity index (χ2n) is 4.96. The van der Waals surface area contributed by atoms with Crippen molar-refractivity contribution >= 4 is 11.4 Å². The fourth-order valence-electron chi connectivity index (χ4n) is 2.50. The van der Waals surface area contributed by atoms with Crippen LogP contribution in [0, 0.1) is 5.82 Å². The van der Waals surface area contributed by atoms with Crippen LogP contribution in [0.4, 0.5) is 15.8 Å². The van der Waals surface area contributed by atoms with Gasteiger partial charge in [0.1, 0.15) is 5.82 Å². The molecule has 0 unspecified atom stereocenters. The van der Waals surface area contributed by atoms with Gasteiger partial charge in [-0.2, -0.15) is 0 Å². The average molecular weight is 251 g/mol. The van der Waals surface area contributed by atoms with Gasteiger partial charge in [-0.3, -0.25) is 0 Å². The van der Waals surface area contributed by atoms with Gasteiger partial charge in [-0.1, -0.05) is 13.0 Å². The molecule has 0 amide bonds. The summed E-state index contributed by atoms with van der Waals surface area (Å²) in [5, 5.41) is 3.36. The third-order valence-corrected chi connectivity index (χ3v) is 3.54. The number of anilines is 2. The summed E-state index contributed by atoms with van der Waals surface area (Å²) in [6, 6.07) is 5.34. The molecule has 0 atom stereocenters. The minimum atomic E-state index is -0.344. The summed E-state index contributed by atoms with van der Waals surface area (Å²) in [5.41, 5.74) is 6.68. The molecule has 0 aromatic heterocycles. The van der Waals surface area contributed by atoms with E-state index >= 15 is 0 Å². The second kappa shape index (κ2) is 6.05. The molecule has 18 heavy (non-hydrogen) atoms. The maximum absolute atomic E-state index is 13.3. The molecule has 1 heterocycles. The molecule has 0 bridgehead atoms. The minimum absolute atomic E-state index is 0.230. The Balaban J connectivity index is 1.90. The summed E-state index contributed by atoms with van der Waals surface area (Å²) in [5.74, 6) is -0.344. The van der Waals surface area contributed by atoms with Crippen LogP contribution in [0.25, 0.3) is 0 Å². The monoisotopic (exact) mass is 251 g/mol. The number of likely N-dealkylation sites (tertiary alicyclic amines) is 1. The van der Waals surface area contributed by atoms with E-state index < -0.39 is 0 Å². The van der Waals surface area contributed by atoms with Gasteiger partial charge in [0.25, 0.3) is 0 Å². The zero-order valence-electron chi connectivity index (χ0n) is 11.0. The average Bonchev–Trinajstić information content (AvgIpc) is 2.38. The molecule has 3 nitrogen and oxygen atoms in total. The van der Waals surface area contributed by atoms with Crippen LogP contribution < -0.4 is 11.1 Å². The van der Waals surface area contributed by atoms with Gasteiger partial charge in [0.05, 0.1) is 11.4 Å². The summed E-state index contributed by atoms with van der Waals surface area (Å²) >= 11 is 0. The van der Waals surface area contributed by atoms with Crippen LogP contribution in [0.5, 0.6) is 0 Å².